The van der Waals surface area contributed by atoms with E-state index in [9.17, 15) is 0 Å². The highest BCUT2D eigenvalue weighted by atomic mass is 14.3. The summed E-state index contributed by atoms with van der Waals surface area (Å²) in [5, 5.41) is 10.3. The van der Waals surface area contributed by atoms with Gasteiger partial charge in [0.15, 0.2) is 0 Å². The third kappa shape index (κ3) is 6.39. The maximum absolute atomic E-state index is 2.56. The minimum Gasteiger partial charge on any atom is -0.0801 e. The van der Waals surface area contributed by atoms with Crippen molar-refractivity contribution in [3.05, 3.63) is 230 Å². The van der Waals surface area contributed by atoms with Crippen LogP contribution in [0, 0.1) is 10.4 Å². The average molecular weight is 759 g/mol. The Morgan fingerprint density at radius 3 is 1.61 bits per heavy atom. The van der Waals surface area contributed by atoms with Crippen LogP contribution in [0.4, 0.5) is 0 Å². The molecule has 8 aromatic carbocycles. The zero-order valence-corrected chi connectivity index (χ0v) is 35.0. The number of hydrogen-bond donors (Lipinski definition) is 0. The second kappa shape index (κ2) is 14.1. The van der Waals surface area contributed by atoms with Gasteiger partial charge in [-0.25, -0.2) is 0 Å². The predicted octanol–water partition coefficient (Wildman–Crippen LogP) is 13.9. The topological polar surface area (TPSA) is 0 Å². The van der Waals surface area contributed by atoms with E-state index in [1.54, 1.807) is 0 Å². The molecule has 0 radical (unpaired) electrons. The third-order valence-corrected chi connectivity index (χ3v) is 12.4. The third-order valence-electron chi connectivity index (χ3n) is 12.4. The molecule has 0 N–H and O–H groups in total. The Kier molecular flexibility index (Phi) is 8.80. The highest BCUT2D eigenvalue weighted by molar-refractivity contribution is 5.97. The lowest BCUT2D eigenvalue weighted by Gasteiger charge is -2.30. The van der Waals surface area contributed by atoms with E-state index in [4.69, 9.17) is 0 Å². The molecular formula is C59H50. The van der Waals surface area contributed by atoms with Gasteiger partial charge in [-0.05, 0) is 157 Å². The van der Waals surface area contributed by atoms with Gasteiger partial charge in [0.25, 0.3) is 0 Å². The Balaban J connectivity index is 1.54. The van der Waals surface area contributed by atoms with Gasteiger partial charge in [0.1, 0.15) is 0 Å². The van der Waals surface area contributed by atoms with E-state index in [1.165, 1.54) is 109 Å². The number of fused-ring (bicyclic) bond motifs is 4. The fourth-order valence-corrected chi connectivity index (χ4v) is 9.78. The molecule has 286 valence electrons. The van der Waals surface area contributed by atoms with E-state index < -0.39 is 0 Å². The molecule has 0 saturated carbocycles. The summed E-state index contributed by atoms with van der Waals surface area (Å²) in [5.74, 6) is 0. The minimum absolute atomic E-state index is 0.0933. The Labute approximate surface area is 348 Å². The summed E-state index contributed by atoms with van der Waals surface area (Å²) >= 11 is 0. The van der Waals surface area contributed by atoms with Gasteiger partial charge in [-0.1, -0.05) is 193 Å². The largest absolute Gasteiger partial charge is 0.0801 e. The summed E-state index contributed by atoms with van der Waals surface area (Å²) in [7, 11) is 0. The summed E-state index contributed by atoms with van der Waals surface area (Å²) in [6, 6.07) is 59.0. The van der Waals surface area contributed by atoms with Crippen LogP contribution in [-0.4, -0.2) is 0 Å². The van der Waals surface area contributed by atoms with Gasteiger partial charge in [0.2, 0.25) is 0 Å². The van der Waals surface area contributed by atoms with Gasteiger partial charge in [-0.2, -0.15) is 0 Å². The summed E-state index contributed by atoms with van der Waals surface area (Å²) < 4.78 is 0. The van der Waals surface area contributed by atoms with Crippen LogP contribution < -0.4 is 10.4 Å². The van der Waals surface area contributed by atoms with E-state index in [1.807, 2.05) is 0 Å². The molecule has 0 bridgehead atoms. The number of benzene rings is 8. The molecule has 0 nitrogen and oxygen atoms in total. The van der Waals surface area contributed by atoms with Gasteiger partial charge in [0, 0.05) is 0 Å². The van der Waals surface area contributed by atoms with Crippen LogP contribution in [0.3, 0.4) is 0 Å². The van der Waals surface area contributed by atoms with Crippen molar-refractivity contribution < 1.29 is 0 Å². The highest BCUT2D eigenvalue weighted by Gasteiger charge is 2.31. The van der Waals surface area contributed by atoms with E-state index in [0.717, 1.165) is 6.42 Å². The fourth-order valence-electron chi connectivity index (χ4n) is 9.78. The minimum atomic E-state index is -0.241. The van der Waals surface area contributed by atoms with Crippen molar-refractivity contribution in [3.8, 4) is 22.3 Å². The van der Waals surface area contributed by atoms with Crippen LogP contribution >= 0.6 is 0 Å². The van der Waals surface area contributed by atoms with Crippen LogP contribution in [0.25, 0.3) is 61.0 Å². The zero-order valence-electron chi connectivity index (χ0n) is 35.0. The van der Waals surface area contributed by atoms with Gasteiger partial charge >= 0.3 is 0 Å². The highest BCUT2D eigenvalue weighted by Crippen LogP contribution is 2.43. The Morgan fingerprint density at radius 2 is 1.07 bits per heavy atom. The van der Waals surface area contributed by atoms with Crippen molar-refractivity contribution in [2.75, 3.05) is 0 Å². The Bertz CT molecular complexity index is 3190. The molecule has 0 aliphatic heterocycles. The first-order valence-corrected chi connectivity index (χ1v) is 21.2. The van der Waals surface area contributed by atoms with Gasteiger partial charge < -0.3 is 0 Å². The molecule has 0 fully saturated rings. The van der Waals surface area contributed by atoms with Gasteiger partial charge in [0.05, 0.1) is 0 Å². The quantitative estimate of drug-likeness (QED) is 0.164. The molecule has 10 rings (SSSR count). The van der Waals surface area contributed by atoms with E-state index in [0.29, 0.717) is 0 Å². The molecule has 2 aliphatic carbocycles. The summed E-state index contributed by atoms with van der Waals surface area (Å²) in [6.07, 6.45) is 10.4. The number of hydrogen-bond acceptors (Lipinski definition) is 0. The fraction of sp³-hybridized carbons (Fsp3) is 0.153. The second-order valence-electron chi connectivity index (χ2n) is 18.5. The Morgan fingerprint density at radius 1 is 0.508 bits per heavy atom. The van der Waals surface area contributed by atoms with Crippen LogP contribution in [0.15, 0.2) is 176 Å². The van der Waals surface area contributed by atoms with Crippen LogP contribution in [0.1, 0.15) is 81.3 Å². The monoisotopic (exact) mass is 758 g/mol. The summed E-state index contributed by atoms with van der Waals surface area (Å²) in [5.41, 5.74) is 15.3. The van der Waals surface area contributed by atoms with Gasteiger partial charge in [-0.3, -0.25) is 0 Å². The molecule has 2 aliphatic rings. The van der Waals surface area contributed by atoms with Crippen molar-refractivity contribution >= 4 is 38.8 Å². The predicted molar refractivity (Wildman–Crippen MR) is 253 cm³/mol. The van der Waals surface area contributed by atoms with Crippen molar-refractivity contribution in [2.24, 2.45) is 0 Å². The maximum Gasteiger partial charge on any atom is -0.00165 e. The SMILES string of the molecule is CC(C)(C)c1cc2c(cc1-c1ccccc1)=Cc1c(C3=CC=CC3)c(-c3ccccc3)c(C(C)(C)C)c(=C(c3ccc4ccccc4c3)c3ccc4ccccc4c3)c1=2. The first kappa shape index (κ1) is 36.8. The summed E-state index contributed by atoms with van der Waals surface area (Å²) in [6.45, 7) is 14.4. The molecule has 0 spiro atoms. The van der Waals surface area contributed by atoms with E-state index in [2.05, 4.69) is 224 Å². The average Bonchev–Trinajstić information content (AvgIpc) is 3.91. The standard InChI is InChI=1S/C59H50/c1-58(2,3)51-37-49-47(35-48(51)40-21-9-7-10-22-40)36-50-53(41-25-15-16-26-41)54(42-23-11-8-12-24-42)57(59(4,5)6)56(55(49)50)52(45-31-29-38-19-13-17-27-43(38)33-45)46-32-30-39-20-14-18-28-44(39)34-46/h7-25,27-37H,26H2,1-6H3. The summed E-state index contributed by atoms with van der Waals surface area (Å²) in [4.78, 5) is 0. The van der Waals surface area contributed by atoms with Crippen molar-refractivity contribution in [1.82, 2.24) is 0 Å². The first-order valence-electron chi connectivity index (χ1n) is 21.2. The molecule has 0 amide bonds. The zero-order chi connectivity index (χ0) is 40.5. The molecule has 0 aromatic heterocycles. The van der Waals surface area contributed by atoms with Crippen LogP contribution in [0.2, 0.25) is 0 Å². The second-order valence-corrected chi connectivity index (χ2v) is 18.5. The lowest BCUT2D eigenvalue weighted by atomic mass is 9.73. The smallest absolute Gasteiger partial charge is 0.00165 e. The van der Waals surface area contributed by atoms with Crippen molar-refractivity contribution in [2.45, 2.75) is 58.8 Å². The first-order chi connectivity index (χ1) is 28.5. The van der Waals surface area contributed by atoms with Gasteiger partial charge in [-0.15, -0.1) is 0 Å². The molecular weight excluding hydrogens is 709 g/mol. The van der Waals surface area contributed by atoms with Crippen LogP contribution in [0.5, 0.6) is 0 Å². The Hall–Kier alpha value is -6.50. The lowest BCUT2D eigenvalue weighted by molar-refractivity contribution is 0.586. The van der Waals surface area contributed by atoms with Crippen molar-refractivity contribution in [1.29, 1.82) is 0 Å². The number of allylic oxidation sites excluding steroid dienone is 4. The normalized spacial score (nSPS) is 13.4. The molecule has 0 heterocycles. The molecule has 59 heavy (non-hydrogen) atoms. The van der Waals surface area contributed by atoms with E-state index >= 15 is 0 Å². The molecule has 0 unspecified atom stereocenters. The number of rotatable bonds is 5. The molecule has 0 saturated heterocycles. The lowest BCUT2D eigenvalue weighted by Crippen LogP contribution is -2.30. The molecule has 0 heteroatoms. The maximum atomic E-state index is 2.56. The molecule has 0 atom stereocenters. The van der Waals surface area contributed by atoms with Crippen LogP contribution in [-0.2, 0) is 10.8 Å². The molecule has 8 aromatic rings. The van der Waals surface area contributed by atoms with Crippen molar-refractivity contribution in [3.63, 3.8) is 0 Å². The van der Waals surface area contributed by atoms with E-state index in [-0.39, 0.29) is 10.8 Å².